The van der Waals surface area contributed by atoms with Crippen LogP contribution in [-0.2, 0) is 26.2 Å². The van der Waals surface area contributed by atoms with Gasteiger partial charge < -0.3 is 19.7 Å². The first-order valence-electron chi connectivity index (χ1n) is 13.3. The molecule has 0 saturated carbocycles. The molecule has 0 aliphatic rings. The van der Waals surface area contributed by atoms with Gasteiger partial charge in [0, 0.05) is 13.1 Å². The molecule has 0 aliphatic carbocycles. The van der Waals surface area contributed by atoms with Crippen molar-refractivity contribution in [2.24, 2.45) is 0 Å². The molecule has 1 atom stereocenters. The van der Waals surface area contributed by atoms with Gasteiger partial charge in [-0.2, -0.15) is 0 Å². The normalized spacial score (nSPS) is 11.8. The number of ether oxygens (including phenoxy) is 2. The molecular weight excluding hydrogens is 549 g/mol. The van der Waals surface area contributed by atoms with Crippen molar-refractivity contribution in [2.45, 2.75) is 44.2 Å². The quantitative estimate of drug-likeness (QED) is 0.301. The predicted octanol–water partition coefficient (Wildman–Crippen LogP) is 4.37. The first-order valence-corrected chi connectivity index (χ1v) is 14.7. The highest BCUT2D eigenvalue weighted by atomic mass is 32.2. The van der Waals surface area contributed by atoms with Crippen LogP contribution in [0.5, 0.6) is 11.5 Å². The van der Waals surface area contributed by atoms with Gasteiger partial charge in [0.25, 0.3) is 10.0 Å². The number of sulfonamides is 1. The lowest BCUT2D eigenvalue weighted by Gasteiger charge is -2.33. The van der Waals surface area contributed by atoms with Gasteiger partial charge in [0.05, 0.1) is 24.8 Å². The second-order valence-corrected chi connectivity index (χ2v) is 11.1. The first kappa shape index (κ1) is 31.4. The summed E-state index contributed by atoms with van der Waals surface area (Å²) in [6.45, 7) is 3.46. The SMILES string of the molecule is CCCNC(=O)C(CC)N(Cc1ccc(F)cc1)C(=O)CN(c1ccccc1OC)S(=O)(=O)c1ccc(OC)cc1. The van der Waals surface area contributed by atoms with Crippen LogP contribution in [0.1, 0.15) is 32.3 Å². The number of hydrogen-bond acceptors (Lipinski definition) is 6. The Balaban J connectivity index is 2.08. The molecule has 0 saturated heterocycles. The number of amides is 2. The van der Waals surface area contributed by atoms with Crippen LogP contribution in [0.4, 0.5) is 10.1 Å². The maximum atomic E-state index is 14.1. The number of nitrogens with one attached hydrogen (secondary N) is 1. The van der Waals surface area contributed by atoms with E-state index in [0.29, 0.717) is 24.3 Å². The summed E-state index contributed by atoms with van der Waals surface area (Å²) in [4.78, 5) is 28.5. The predicted molar refractivity (Wildman–Crippen MR) is 155 cm³/mol. The average molecular weight is 586 g/mol. The van der Waals surface area contributed by atoms with Crippen molar-refractivity contribution in [3.05, 3.63) is 84.2 Å². The summed E-state index contributed by atoms with van der Waals surface area (Å²) in [5, 5.41) is 2.83. The largest absolute Gasteiger partial charge is 0.497 e. The second-order valence-electron chi connectivity index (χ2n) is 9.22. The number of benzene rings is 3. The fourth-order valence-corrected chi connectivity index (χ4v) is 5.72. The third-order valence-electron chi connectivity index (χ3n) is 6.48. The smallest absolute Gasteiger partial charge is 0.264 e. The van der Waals surface area contributed by atoms with Crippen molar-refractivity contribution in [3.8, 4) is 11.5 Å². The van der Waals surface area contributed by atoms with Crippen LogP contribution in [-0.4, -0.2) is 58.5 Å². The van der Waals surface area contributed by atoms with Crippen LogP contribution in [0.25, 0.3) is 0 Å². The molecule has 3 aromatic rings. The Labute approximate surface area is 240 Å². The molecule has 9 nitrogen and oxygen atoms in total. The fraction of sp³-hybridized carbons (Fsp3) is 0.333. The maximum absolute atomic E-state index is 14.1. The first-order chi connectivity index (χ1) is 19.7. The van der Waals surface area contributed by atoms with E-state index in [2.05, 4.69) is 5.32 Å². The molecule has 1 N–H and O–H groups in total. The van der Waals surface area contributed by atoms with Crippen LogP contribution in [0.3, 0.4) is 0 Å². The van der Waals surface area contributed by atoms with E-state index in [4.69, 9.17) is 9.47 Å². The number of halogens is 1. The zero-order valence-electron chi connectivity index (χ0n) is 23.7. The maximum Gasteiger partial charge on any atom is 0.264 e. The van der Waals surface area contributed by atoms with Crippen molar-refractivity contribution in [2.75, 3.05) is 31.6 Å². The number of nitrogens with zero attached hydrogens (tertiary/aromatic N) is 2. The van der Waals surface area contributed by atoms with Crippen LogP contribution in [0.2, 0.25) is 0 Å². The Morgan fingerprint density at radius 2 is 1.59 bits per heavy atom. The molecule has 220 valence electrons. The van der Waals surface area contributed by atoms with E-state index in [0.717, 1.165) is 4.31 Å². The molecule has 0 radical (unpaired) electrons. The van der Waals surface area contributed by atoms with Crippen molar-refractivity contribution in [1.82, 2.24) is 10.2 Å². The highest BCUT2D eigenvalue weighted by Crippen LogP contribution is 2.33. The van der Waals surface area contributed by atoms with Gasteiger partial charge in [0.1, 0.15) is 29.9 Å². The Kier molecular flexibility index (Phi) is 11.1. The van der Waals surface area contributed by atoms with Crippen molar-refractivity contribution in [1.29, 1.82) is 0 Å². The van der Waals surface area contributed by atoms with Gasteiger partial charge in [-0.25, -0.2) is 12.8 Å². The van der Waals surface area contributed by atoms with E-state index in [1.807, 2.05) is 6.92 Å². The van der Waals surface area contributed by atoms with E-state index < -0.39 is 34.3 Å². The molecule has 0 heterocycles. The van der Waals surface area contributed by atoms with Crippen molar-refractivity contribution < 1.29 is 31.9 Å². The average Bonchev–Trinajstić information content (AvgIpc) is 2.99. The number of methoxy groups -OCH3 is 2. The lowest BCUT2D eigenvalue weighted by Crippen LogP contribution is -2.52. The molecule has 0 aliphatic heterocycles. The highest BCUT2D eigenvalue weighted by molar-refractivity contribution is 7.92. The van der Waals surface area contributed by atoms with Crippen LogP contribution in [0.15, 0.2) is 77.7 Å². The van der Waals surface area contributed by atoms with Gasteiger partial charge in [-0.05, 0) is 66.9 Å². The van der Waals surface area contributed by atoms with Gasteiger partial charge in [0.15, 0.2) is 0 Å². The van der Waals surface area contributed by atoms with E-state index in [-0.39, 0.29) is 35.2 Å². The minimum atomic E-state index is -4.29. The highest BCUT2D eigenvalue weighted by Gasteiger charge is 2.34. The third kappa shape index (κ3) is 7.75. The van der Waals surface area contributed by atoms with Gasteiger partial charge in [0.2, 0.25) is 11.8 Å². The third-order valence-corrected chi connectivity index (χ3v) is 8.26. The molecule has 1 unspecified atom stereocenters. The Hall–Kier alpha value is -4.12. The summed E-state index contributed by atoms with van der Waals surface area (Å²) < 4.78 is 53.2. The summed E-state index contributed by atoms with van der Waals surface area (Å²) >= 11 is 0. The minimum absolute atomic E-state index is 0.0283. The standard InChI is InChI=1S/C30H36FN3O6S/c1-5-19-32-30(36)26(6-2)33(20-22-11-13-23(31)14-12-22)29(35)21-34(27-9-7-8-10-28(27)40-4)41(37,38)25-17-15-24(39-3)16-18-25/h7-18,26H,5-6,19-21H2,1-4H3,(H,32,36). The summed E-state index contributed by atoms with van der Waals surface area (Å²) in [5.41, 5.74) is 0.743. The minimum Gasteiger partial charge on any atom is -0.497 e. The van der Waals surface area contributed by atoms with E-state index in [1.165, 1.54) is 67.7 Å². The molecular formula is C30H36FN3O6S. The van der Waals surface area contributed by atoms with Crippen molar-refractivity contribution in [3.63, 3.8) is 0 Å². The topological polar surface area (TPSA) is 105 Å². The molecule has 0 aromatic heterocycles. The fourth-order valence-electron chi connectivity index (χ4n) is 4.30. The molecule has 2 amide bonds. The number of anilines is 1. The van der Waals surface area contributed by atoms with Gasteiger partial charge in [-0.1, -0.05) is 38.1 Å². The zero-order chi connectivity index (χ0) is 30.0. The molecule has 11 heteroatoms. The number of para-hydroxylation sites is 2. The van der Waals surface area contributed by atoms with E-state index in [1.54, 1.807) is 31.2 Å². The van der Waals surface area contributed by atoms with Crippen molar-refractivity contribution >= 4 is 27.5 Å². The summed E-state index contributed by atoms with van der Waals surface area (Å²) in [6.07, 6.45) is 0.984. The molecule has 3 rings (SSSR count). The lowest BCUT2D eigenvalue weighted by molar-refractivity contribution is -0.140. The Bertz CT molecular complexity index is 1410. The summed E-state index contributed by atoms with van der Waals surface area (Å²) in [5.74, 6) is -0.691. The van der Waals surface area contributed by atoms with Crippen LogP contribution in [0, 0.1) is 5.82 Å². The van der Waals surface area contributed by atoms with E-state index >= 15 is 0 Å². The summed E-state index contributed by atoms with van der Waals surface area (Å²) in [6, 6.07) is 17.0. The number of rotatable bonds is 14. The number of hydrogen-bond donors (Lipinski definition) is 1. The molecule has 41 heavy (non-hydrogen) atoms. The zero-order valence-corrected chi connectivity index (χ0v) is 24.5. The Morgan fingerprint density at radius 1 is 0.927 bits per heavy atom. The van der Waals surface area contributed by atoms with Gasteiger partial charge in [-0.15, -0.1) is 0 Å². The molecule has 0 fully saturated rings. The number of carbonyl (C=O) groups is 2. The summed E-state index contributed by atoms with van der Waals surface area (Å²) in [7, 11) is -1.41. The molecule has 0 spiro atoms. The molecule has 3 aromatic carbocycles. The van der Waals surface area contributed by atoms with Crippen LogP contribution < -0.4 is 19.1 Å². The van der Waals surface area contributed by atoms with E-state index in [9.17, 15) is 22.4 Å². The van der Waals surface area contributed by atoms with Crippen LogP contribution >= 0.6 is 0 Å². The van der Waals surface area contributed by atoms with Gasteiger partial charge in [-0.3, -0.25) is 13.9 Å². The second kappa shape index (κ2) is 14.5. The Morgan fingerprint density at radius 3 is 2.17 bits per heavy atom. The van der Waals surface area contributed by atoms with Gasteiger partial charge >= 0.3 is 0 Å². The number of carbonyl (C=O) groups excluding carboxylic acids is 2. The molecule has 0 bridgehead atoms. The monoisotopic (exact) mass is 585 g/mol. The lowest BCUT2D eigenvalue weighted by atomic mass is 10.1.